The molecule has 3 heteroatoms. The van der Waals surface area contributed by atoms with Gasteiger partial charge in [0.25, 0.3) is 0 Å². The molecule has 0 aromatic carbocycles. The summed E-state index contributed by atoms with van der Waals surface area (Å²) in [6, 6.07) is 6.33. The minimum Gasteiger partial charge on any atom is -0.381 e. The molecule has 1 fully saturated rings. The molecule has 1 heterocycles. The largest absolute Gasteiger partial charge is 0.381 e. The number of anilines is 1. The Morgan fingerprint density at radius 1 is 1.33 bits per heavy atom. The van der Waals surface area contributed by atoms with Crippen LogP contribution >= 0.6 is 0 Å². The molecular formula is C15H21N3. The van der Waals surface area contributed by atoms with Crippen LogP contribution in [0.2, 0.25) is 0 Å². The summed E-state index contributed by atoms with van der Waals surface area (Å²) < 4.78 is 0. The van der Waals surface area contributed by atoms with E-state index in [1.54, 1.807) is 12.3 Å². The van der Waals surface area contributed by atoms with Gasteiger partial charge in [0.1, 0.15) is 11.8 Å². The third kappa shape index (κ3) is 3.46. The summed E-state index contributed by atoms with van der Waals surface area (Å²) in [4.78, 5) is 4.08. The number of nitrogens with one attached hydrogen (secondary N) is 1. The zero-order valence-corrected chi connectivity index (χ0v) is 11.0. The number of nitriles is 1. The van der Waals surface area contributed by atoms with Crippen LogP contribution in [0, 0.1) is 17.2 Å². The van der Waals surface area contributed by atoms with Crippen molar-refractivity contribution >= 4 is 5.69 Å². The van der Waals surface area contributed by atoms with Crippen LogP contribution < -0.4 is 5.32 Å². The monoisotopic (exact) mass is 243 g/mol. The van der Waals surface area contributed by atoms with Crippen molar-refractivity contribution < 1.29 is 0 Å². The molecule has 1 aromatic heterocycles. The Morgan fingerprint density at radius 3 is 2.67 bits per heavy atom. The molecule has 3 nitrogen and oxygen atoms in total. The lowest BCUT2D eigenvalue weighted by Crippen LogP contribution is -2.26. The van der Waals surface area contributed by atoms with Gasteiger partial charge in [-0.3, -0.25) is 0 Å². The second-order valence-electron chi connectivity index (χ2n) is 5.19. The molecule has 0 amide bonds. The summed E-state index contributed by atoms with van der Waals surface area (Å²) in [6.07, 6.45) is 9.64. The van der Waals surface area contributed by atoms with Crippen molar-refractivity contribution in [1.29, 1.82) is 5.26 Å². The van der Waals surface area contributed by atoms with Gasteiger partial charge in [-0.15, -0.1) is 0 Å². The Bertz CT molecular complexity index is 397. The molecule has 0 saturated heterocycles. The SMILES string of the molecule is CCCC1CCC(Nc2ccc(C#N)nc2)CC1. The third-order valence-corrected chi connectivity index (χ3v) is 3.79. The fourth-order valence-electron chi connectivity index (χ4n) is 2.78. The van der Waals surface area contributed by atoms with E-state index in [4.69, 9.17) is 5.26 Å². The second-order valence-corrected chi connectivity index (χ2v) is 5.19. The summed E-state index contributed by atoms with van der Waals surface area (Å²) in [5, 5.41) is 12.2. The van der Waals surface area contributed by atoms with Gasteiger partial charge in [-0.1, -0.05) is 19.8 Å². The van der Waals surface area contributed by atoms with Crippen molar-refractivity contribution in [1.82, 2.24) is 4.98 Å². The van der Waals surface area contributed by atoms with Crippen LogP contribution in [-0.4, -0.2) is 11.0 Å². The van der Waals surface area contributed by atoms with E-state index >= 15 is 0 Å². The van der Waals surface area contributed by atoms with Crippen LogP contribution in [0.15, 0.2) is 18.3 Å². The van der Waals surface area contributed by atoms with Gasteiger partial charge in [0, 0.05) is 6.04 Å². The highest BCUT2D eigenvalue weighted by Crippen LogP contribution is 2.29. The van der Waals surface area contributed by atoms with E-state index in [0.717, 1.165) is 11.6 Å². The first-order valence-corrected chi connectivity index (χ1v) is 6.94. The number of aromatic nitrogens is 1. The average molecular weight is 243 g/mol. The Labute approximate surface area is 109 Å². The minimum absolute atomic E-state index is 0.479. The molecule has 1 aromatic rings. The molecule has 1 saturated carbocycles. The molecule has 1 aliphatic rings. The topological polar surface area (TPSA) is 48.7 Å². The van der Waals surface area contributed by atoms with E-state index in [1.165, 1.54) is 38.5 Å². The first kappa shape index (κ1) is 12.9. The average Bonchev–Trinajstić information content (AvgIpc) is 2.42. The number of hydrogen-bond donors (Lipinski definition) is 1. The molecule has 18 heavy (non-hydrogen) atoms. The Hall–Kier alpha value is -1.56. The van der Waals surface area contributed by atoms with Crippen molar-refractivity contribution in [2.24, 2.45) is 5.92 Å². The van der Waals surface area contributed by atoms with Crippen molar-refractivity contribution in [2.75, 3.05) is 5.32 Å². The van der Waals surface area contributed by atoms with Crippen molar-refractivity contribution in [2.45, 2.75) is 51.5 Å². The smallest absolute Gasteiger partial charge is 0.140 e. The number of pyridine rings is 1. The van der Waals surface area contributed by atoms with Crippen LogP contribution in [0.1, 0.15) is 51.1 Å². The summed E-state index contributed by atoms with van der Waals surface area (Å²) in [6.45, 7) is 2.27. The van der Waals surface area contributed by atoms with Gasteiger partial charge < -0.3 is 5.32 Å². The summed E-state index contributed by atoms with van der Waals surface area (Å²) in [5.41, 5.74) is 1.51. The molecule has 0 aliphatic heterocycles. The summed E-state index contributed by atoms with van der Waals surface area (Å²) in [7, 11) is 0. The Balaban J connectivity index is 1.82. The first-order chi connectivity index (χ1) is 8.81. The lowest BCUT2D eigenvalue weighted by Gasteiger charge is -2.29. The maximum Gasteiger partial charge on any atom is 0.140 e. The molecule has 1 N–H and O–H groups in total. The highest BCUT2D eigenvalue weighted by atomic mass is 14.9. The van der Waals surface area contributed by atoms with E-state index in [2.05, 4.69) is 17.2 Å². The molecule has 96 valence electrons. The van der Waals surface area contributed by atoms with E-state index in [0.29, 0.717) is 11.7 Å². The van der Waals surface area contributed by atoms with Crippen molar-refractivity contribution in [3.8, 4) is 6.07 Å². The maximum atomic E-state index is 8.70. The van der Waals surface area contributed by atoms with E-state index in [-0.39, 0.29) is 0 Å². The number of nitrogens with zero attached hydrogens (tertiary/aromatic N) is 2. The molecule has 0 unspecified atom stereocenters. The predicted octanol–water partition coefficient (Wildman–Crippen LogP) is 3.72. The number of rotatable bonds is 4. The quantitative estimate of drug-likeness (QED) is 0.876. The van der Waals surface area contributed by atoms with Crippen LogP contribution in [0.25, 0.3) is 0 Å². The molecule has 0 bridgehead atoms. The van der Waals surface area contributed by atoms with Crippen LogP contribution in [0.4, 0.5) is 5.69 Å². The Kier molecular flexibility index (Phi) is 4.58. The predicted molar refractivity (Wildman–Crippen MR) is 73.2 cm³/mol. The zero-order valence-electron chi connectivity index (χ0n) is 11.0. The fraction of sp³-hybridized carbons (Fsp3) is 0.600. The van der Waals surface area contributed by atoms with E-state index < -0.39 is 0 Å². The van der Waals surface area contributed by atoms with E-state index in [9.17, 15) is 0 Å². The summed E-state index contributed by atoms with van der Waals surface area (Å²) in [5.74, 6) is 0.937. The van der Waals surface area contributed by atoms with Gasteiger partial charge in [-0.2, -0.15) is 5.26 Å². The molecule has 0 atom stereocenters. The van der Waals surface area contributed by atoms with Gasteiger partial charge in [0.05, 0.1) is 11.9 Å². The molecule has 0 spiro atoms. The second kappa shape index (κ2) is 6.39. The summed E-state index contributed by atoms with van der Waals surface area (Å²) >= 11 is 0. The van der Waals surface area contributed by atoms with Crippen molar-refractivity contribution in [3.05, 3.63) is 24.0 Å². The minimum atomic E-state index is 0.479. The zero-order chi connectivity index (χ0) is 12.8. The van der Waals surface area contributed by atoms with Gasteiger partial charge >= 0.3 is 0 Å². The maximum absolute atomic E-state index is 8.70. The van der Waals surface area contributed by atoms with Gasteiger partial charge in [-0.05, 0) is 43.7 Å². The molecule has 1 aliphatic carbocycles. The normalized spacial score (nSPS) is 23.3. The van der Waals surface area contributed by atoms with Gasteiger partial charge in [0.2, 0.25) is 0 Å². The highest BCUT2D eigenvalue weighted by Gasteiger charge is 2.20. The molecular weight excluding hydrogens is 222 g/mol. The molecule has 0 radical (unpaired) electrons. The van der Waals surface area contributed by atoms with Crippen molar-refractivity contribution in [3.63, 3.8) is 0 Å². The van der Waals surface area contributed by atoms with Crippen LogP contribution in [0.5, 0.6) is 0 Å². The van der Waals surface area contributed by atoms with E-state index in [1.807, 2.05) is 12.1 Å². The standard InChI is InChI=1S/C15H21N3/c1-2-3-12-4-6-13(7-5-12)18-15-9-8-14(10-16)17-11-15/h8-9,11-13,18H,2-7H2,1H3. The lowest BCUT2D eigenvalue weighted by molar-refractivity contribution is 0.319. The van der Waals surface area contributed by atoms with Crippen LogP contribution in [-0.2, 0) is 0 Å². The first-order valence-electron chi connectivity index (χ1n) is 6.94. The fourth-order valence-corrected chi connectivity index (χ4v) is 2.78. The molecule has 2 rings (SSSR count). The van der Waals surface area contributed by atoms with Gasteiger partial charge in [0.15, 0.2) is 0 Å². The van der Waals surface area contributed by atoms with Gasteiger partial charge in [-0.25, -0.2) is 4.98 Å². The number of hydrogen-bond acceptors (Lipinski definition) is 3. The third-order valence-electron chi connectivity index (χ3n) is 3.79. The Morgan fingerprint density at radius 2 is 2.11 bits per heavy atom. The highest BCUT2D eigenvalue weighted by molar-refractivity contribution is 5.43. The van der Waals surface area contributed by atoms with Crippen LogP contribution in [0.3, 0.4) is 0 Å². The lowest BCUT2D eigenvalue weighted by atomic mass is 9.83.